The lowest BCUT2D eigenvalue weighted by molar-refractivity contribution is 0.00578. The maximum absolute atomic E-state index is 5.96. The van der Waals surface area contributed by atoms with Crippen LogP contribution in [-0.4, -0.2) is 33.3 Å². The van der Waals surface area contributed by atoms with E-state index in [9.17, 15) is 0 Å². The van der Waals surface area contributed by atoms with Crippen LogP contribution in [0.5, 0.6) is 0 Å². The molecule has 1 fully saturated rings. The van der Waals surface area contributed by atoms with Crippen molar-refractivity contribution in [1.82, 2.24) is 15.0 Å². The van der Waals surface area contributed by atoms with Crippen LogP contribution in [0.2, 0.25) is 0 Å². The Morgan fingerprint density at radius 1 is 1.17 bits per heavy atom. The lowest BCUT2D eigenvalue weighted by Crippen LogP contribution is -2.41. The van der Waals surface area contributed by atoms with Crippen LogP contribution in [0.4, 0.5) is 0 Å². The average molecular weight is 316 g/mol. The van der Waals surface area contributed by atoms with Gasteiger partial charge in [-0.15, -0.1) is 5.10 Å². The smallest absolute Gasteiger partial charge is 0.398 e. The average Bonchev–Trinajstić information content (AvgIpc) is 2.66. The first kappa shape index (κ1) is 14.0. The summed E-state index contributed by atoms with van der Waals surface area (Å²) < 4.78 is 14.5. The van der Waals surface area contributed by atoms with Gasteiger partial charge in [0.05, 0.1) is 11.2 Å². The van der Waals surface area contributed by atoms with Gasteiger partial charge in [-0.3, -0.25) is 0 Å². The van der Waals surface area contributed by atoms with Crippen molar-refractivity contribution in [3.8, 4) is 0 Å². The highest BCUT2D eigenvalue weighted by Crippen LogP contribution is 2.36. The third-order valence-electron chi connectivity index (χ3n) is 3.63. The van der Waals surface area contributed by atoms with Crippen LogP contribution < -0.4 is 5.59 Å². The summed E-state index contributed by atoms with van der Waals surface area (Å²) in [5.41, 5.74) is -0.0281. The van der Waals surface area contributed by atoms with Crippen LogP contribution >= 0.6 is 15.9 Å². The maximum Gasteiger partial charge on any atom is 0.519 e. The van der Waals surface area contributed by atoms with Crippen molar-refractivity contribution in [1.29, 1.82) is 0 Å². The van der Waals surface area contributed by atoms with Gasteiger partial charge < -0.3 is 9.31 Å². The molecule has 1 aromatic heterocycles. The molecule has 0 unspecified atom stereocenters. The second-order valence-corrected chi connectivity index (χ2v) is 6.64. The molecule has 0 N–H and O–H groups in total. The largest absolute Gasteiger partial charge is 0.519 e. The number of hydrogen-bond acceptors (Lipinski definition) is 4. The van der Waals surface area contributed by atoms with E-state index in [2.05, 4.69) is 26.2 Å². The molecule has 7 heteroatoms. The summed E-state index contributed by atoms with van der Waals surface area (Å²) in [7, 11) is -0.475. The molecule has 0 saturated carbocycles. The molecule has 0 radical (unpaired) electrons. The Morgan fingerprint density at radius 2 is 1.67 bits per heavy atom. The molecule has 5 nitrogen and oxygen atoms in total. The molecule has 0 bridgehead atoms. The zero-order valence-electron chi connectivity index (χ0n) is 11.7. The van der Waals surface area contributed by atoms with Gasteiger partial charge in [0.1, 0.15) is 10.2 Å². The molecule has 1 aromatic rings. The highest BCUT2D eigenvalue weighted by atomic mass is 79.9. The van der Waals surface area contributed by atoms with E-state index in [4.69, 9.17) is 9.31 Å². The normalized spacial score (nSPS) is 21.9. The Hall–Kier alpha value is -0.395. The first-order valence-electron chi connectivity index (χ1n) is 6.12. The predicted octanol–water partition coefficient (Wildman–Crippen LogP) is 1.92. The molecule has 2 rings (SSSR count). The summed E-state index contributed by atoms with van der Waals surface area (Å²) >= 11 is 3.51. The van der Waals surface area contributed by atoms with Crippen molar-refractivity contribution < 1.29 is 9.31 Å². The lowest BCUT2D eigenvalue weighted by atomic mass is 9.86. The Balaban J connectivity index is 2.30. The number of hydrogen-bond donors (Lipinski definition) is 0. The number of rotatable bonds is 2. The van der Waals surface area contributed by atoms with Gasteiger partial charge in [-0.05, 0) is 57.5 Å². The summed E-state index contributed by atoms with van der Waals surface area (Å²) in [6, 6.07) is 0.239. The van der Waals surface area contributed by atoms with Crippen molar-refractivity contribution in [2.24, 2.45) is 0 Å². The second kappa shape index (κ2) is 4.32. The molecule has 1 saturated heterocycles. The lowest BCUT2D eigenvalue weighted by Gasteiger charge is -2.32. The first-order valence-corrected chi connectivity index (χ1v) is 6.91. The van der Waals surface area contributed by atoms with Gasteiger partial charge in [-0.1, -0.05) is 5.21 Å². The van der Waals surface area contributed by atoms with Gasteiger partial charge in [-0.2, -0.15) is 0 Å². The van der Waals surface area contributed by atoms with E-state index in [0.29, 0.717) is 5.59 Å². The Kier molecular flexibility index (Phi) is 3.36. The van der Waals surface area contributed by atoms with Gasteiger partial charge in [-0.25, -0.2) is 4.68 Å². The zero-order valence-corrected chi connectivity index (χ0v) is 13.3. The number of aromatic nitrogens is 3. The van der Waals surface area contributed by atoms with E-state index in [1.54, 1.807) is 4.68 Å². The molecule has 1 aliphatic rings. The summed E-state index contributed by atoms with van der Waals surface area (Å²) in [6.07, 6.45) is 0. The third kappa shape index (κ3) is 2.12. The second-order valence-electron chi connectivity index (χ2n) is 5.89. The van der Waals surface area contributed by atoms with Gasteiger partial charge in [0.2, 0.25) is 0 Å². The minimum Gasteiger partial charge on any atom is -0.398 e. The molecular formula is C11H19BBrN3O2. The Bertz CT molecular complexity index is 443. The van der Waals surface area contributed by atoms with Crippen molar-refractivity contribution >= 4 is 28.6 Å². The summed E-state index contributed by atoms with van der Waals surface area (Å²) in [4.78, 5) is 0. The number of nitrogens with zero attached hydrogens (tertiary/aromatic N) is 3. The van der Waals surface area contributed by atoms with Gasteiger partial charge in [0.25, 0.3) is 0 Å². The third-order valence-corrected chi connectivity index (χ3v) is 4.40. The molecule has 0 atom stereocenters. The highest BCUT2D eigenvalue weighted by Gasteiger charge is 2.53. The monoisotopic (exact) mass is 315 g/mol. The SMILES string of the molecule is CC(C)n1nnc(B2OC(C)(C)C(C)(C)O2)c1Br. The molecule has 0 aliphatic carbocycles. The van der Waals surface area contributed by atoms with E-state index in [1.165, 1.54) is 0 Å². The number of halogens is 1. The molecule has 0 aromatic carbocycles. The van der Waals surface area contributed by atoms with E-state index >= 15 is 0 Å². The van der Waals surface area contributed by atoms with Crippen LogP contribution in [0, 0.1) is 0 Å². The van der Waals surface area contributed by atoms with Crippen molar-refractivity contribution in [3.05, 3.63) is 4.60 Å². The van der Waals surface area contributed by atoms with Crippen molar-refractivity contribution in [3.63, 3.8) is 0 Å². The van der Waals surface area contributed by atoms with Crippen LogP contribution in [-0.2, 0) is 9.31 Å². The summed E-state index contributed by atoms with van der Waals surface area (Å²) in [6.45, 7) is 12.2. The fourth-order valence-corrected chi connectivity index (χ4v) is 2.47. The van der Waals surface area contributed by atoms with Gasteiger partial charge >= 0.3 is 7.12 Å². The molecule has 0 spiro atoms. The van der Waals surface area contributed by atoms with Crippen LogP contribution in [0.3, 0.4) is 0 Å². The maximum atomic E-state index is 5.96. The predicted molar refractivity (Wildman–Crippen MR) is 73.8 cm³/mol. The Labute approximate surface area is 116 Å². The molecule has 100 valence electrons. The quantitative estimate of drug-likeness (QED) is 0.782. The standard InChI is InChI=1S/C11H19BBrN3O2/c1-7(2)16-9(13)8(14-15-16)12-17-10(3,4)11(5,6)18-12/h7H,1-6H3. The molecule has 0 amide bonds. The van der Waals surface area contributed by atoms with Crippen LogP contribution in [0.15, 0.2) is 4.60 Å². The first-order chi connectivity index (χ1) is 8.16. The van der Waals surface area contributed by atoms with E-state index in [0.717, 1.165) is 4.60 Å². The van der Waals surface area contributed by atoms with Crippen molar-refractivity contribution in [2.75, 3.05) is 0 Å². The van der Waals surface area contributed by atoms with E-state index in [1.807, 2.05) is 41.5 Å². The highest BCUT2D eigenvalue weighted by molar-refractivity contribution is 9.10. The minimum atomic E-state index is -0.475. The zero-order chi connectivity index (χ0) is 13.7. The topological polar surface area (TPSA) is 49.2 Å². The van der Waals surface area contributed by atoms with E-state index < -0.39 is 7.12 Å². The fourth-order valence-electron chi connectivity index (χ4n) is 1.72. The fraction of sp³-hybridized carbons (Fsp3) is 0.818. The Morgan fingerprint density at radius 3 is 2.06 bits per heavy atom. The molecule has 18 heavy (non-hydrogen) atoms. The minimum absolute atomic E-state index is 0.239. The molecule has 2 heterocycles. The van der Waals surface area contributed by atoms with Gasteiger partial charge in [0.15, 0.2) is 0 Å². The summed E-state index contributed by atoms with van der Waals surface area (Å²) in [5.74, 6) is 0. The van der Waals surface area contributed by atoms with Crippen molar-refractivity contribution in [2.45, 2.75) is 58.8 Å². The van der Waals surface area contributed by atoms with Gasteiger partial charge in [0, 0.05) is 6.04 Å². The summed E-state index contributed by atoms with van der Waals surface area (Å²) in [5, 5.41) is 8.28. The van der Waals surface area contributed by atoms with Crippen LogP contribution in [0.1, 0.15) is 47.6 Å². The van der Waals surface area contributed by atoms with E-state index in [-0.39, 0.29) is 17.2 Å². The molecule has 1 aliphatic heterocycles. The molecular weight excluding hydrogens is 297 g/mol. The van der Waals surface area contributed by atoms with Crippen LogP contribution in [0.25, 0.3) is 0 Å².